The molecule has 0 aliphatic rings. The number of methoxy groups -OCH3 is 1. The van der Waals surface area contributed by atoms with E-state index in [0.29, 0.717) is 11.6 Å². The fraction of sp³-hybridized carbons (Fsp3) is 0.600. The second kappa shape index (κ2) is 4.26. The summed E-state index contributed by atoms with van der Waals surface area (Å²) >= 11 is 0. The third kappa shape index (κ3) is 2.34. The number of hydrogen-bond acceptors (Lipinski definition) is 3. The normalized spacial score (nSPS) is 10.6. The molecular formula is C10H16N2O2. The lowest BCUT2D eigenvalue weighted by molar-refractivity contribution is 0.0593. The molecule has 0 bridgehead atoms. The summed E-state index contributed by atoms with van der Waals surface area (Å²) in [5, 5.41) is 4.08. The van der Waals surface area contributed by atoms with Crippen LogP contribution >= 0.6 is 0 Å². The van der Waals surface area contributed by atoms with Crippen molar-refractivity contribution in [3.8, 4) is 0 Å². The molecule has 1 aromatic heterocycles. The molecule has 0 aliphatic heterocycles. The summed E-state index contributed by atoms with van der Waals surface area (Å²) < 4.78 is 6.32. The molecule has 0 radical (unpaired) electrons. The Kier molecular flexibility index (Phi) is 3.28. The van der Waals surface area contributed by atoms with Gasteiger partial charge in [0, 0.05) is 12.7 Å². The minimum Gasteiger partial charge on any atom is -0.464 e. The highest BCUT2D eigenvalue weighted by Gasteiger charge is 2.13. The molecule has 1 rings (SSSR count). The van der Waals surface area contributed by atoms with Crippen molar-refractivity contribution in [1.82, 2.24) is 9.78 Å². The lowest BCUT2D eigenvalue weighted by atomic mass is 10.1. The van der Waals surface area contributed by atoms with Gasteiger partial charge < -0.3 is 4.74 Å². The summed E-state index contributed by atoms with van der Waals surface area (Å²) in [6, 6.07) is 1.78. The maximum Gasteiger partial charge on any atom is 0.358 e. The smallest absolute Gasteiger partial charge is 0.358 e. The molecule has 14 heavy (non-hydrogen) atoms. The van der Waals surface area contributed by atoms with Crippen molar-refractivity contribution in [2.75, 3.05) is 7.11 Å². The Balaban J connectivity index is 2.87. The number of aryl methyl sites for hydroxylation is 1. The summed E-state index contributed by atoms with van der Waals surface area (Å²) in [6.07, 6.45) is 0.917. The van der Waals surface area contributed by atoms with Crippen LogP contribution in [0.4, 0.5) is 0 Å². The van der Waals surface area contributed by atoms with Gasteiger partial charge >= 0.3 is 5.97 Å². The van der Waals surface area contributed by atoms with Crippen LogP contribution in [0.2, 0.25) is 0 Å². The lowest BCUT2D eigenvalue weighted by Crippen LogP contribution is -2.04. The minimum absolute atomic E-state index is 0.379. The summed E-state index contributed by atoms with van der Waals surface area (Å²) in [4.78, 5) is 11.2. The molecule has 0 unspecified atom stereocenters. The zero-order valence-electron chi connectivity index (χ0n) is 9.07. The molecule has 0 spiro atoms. The standard InChI is InChI=1S/C10H16N2O2/c1-7(2)5-8-6-9(10(13)14-4)11-12(8)3/h6-7H,5H2,1-4H3. The zero-order valence-corrected chi connectivity index (χ0v) is 9.07. The Morgan fingerprint density at radius 3 is 2.79 bits per heavy atom. The van der Waals surface area contributed by atoms with Gasteiger partial charge in [-0.15, -0.1) is 0 Å². The molecule has 1 heterocycles. The van der Waals surface area contributed by atoms with E-state index < -0.39 is 0 Å². The SMILES string of the molecule is COC(=O)c1cc(CC(C)C)n(C)n1. The van der Waals surface area contributed by atoms with E-state index in [-0.39, 0.29) is 5.97 Å². The van der Waals surface area contributed by atoms with E-state index in [1.807, 2.05) is 7.05 Å². The molecule has 0 saturated heterocycles. The molecule has 0 aromatic carbocycles. The second-order valence-corrected chi connectivity index (χ2v) is 3.73. The fourth-order valence-electron chi connectivity index (χ4n) is 1.32. The second-order valence-electron chi connectivity index (χ2n) is 3.73. The van der Waals surface area contributed by atoms with E-state index in [2.05, 4.69) is 23.7 Å². The van der Waals surface area contributed by atoms with Crippen molar-refractivity contribution in [1.29, 1.82) is 0 Å². The monoisotopic (exact) mass is 196 g/mol. The molecule has 1 aromatic rings. The molecule has 0 amide bonds. The first kappa shape index (κ1) is 10.8. The van der Waals surface area contributed by atoms with E-state index in [4.69, 9.17) is 0 Å². The van der Waals surface area contributed by atoms with Crippen LogP contribution in [0, 0.1) is 5.92 Å². The number of carbonyl (C=O) groups is 1. The minimum atomic E-state index is -0.379. The summed E-state index contributed by atoms with van der Waals surface area (Å²) in [5.41, 5.74) is 1.44. The van der Waals surface area contributed by atoms with Crippen LogP contribution in [0.15, 0.2) is 6.07 Å². The highest BCUT2D eigenvalue weighted by atomic mass is 16.5. The molecule has 0 N–H and O–H groups in total. The van der Waals surface area contributed by atoms with Gasteiger partial charge in [0.2, 0.25) is 0 Å². The molecular weight excluding hydrogens is 180 g/mol. The summed E-state index contributed by atoms with van der Waals surface area (Å²) in [7, 11) is 3.20. The number of hydrogen-bond donors (Lipinski definition) is 0. The Hall–Kier alpha value is -1.32. The third-order valence-electron chi connectivity index (χ3n) is 1.99. The van der Waals surface area contributed by atoms with E-state index in [1.54, 1.807) is 10.7 Å². The van der Waals surface area contributed by atoms with Gasteiger partial charge in [0.25, 0.3) is 0 Å². The number of ether oxygens (including phenoxy) is 1. The van der Waals surface area contributed by atoms with Crippen LogP contribution in [-0.4, -0.2) is 22.9 Å². The maximum absolute atomic E-state index is 11.2. The van der Waals surface area contributed by atoms with E-state index >= 15 is 0 Å². The first-order chi connectivity index (χ1) is 6.54. The van der Waals surface area contributed by atoms with Gasteiger partial charge in [-0.2, -0.15) is 5.10 Å². The highest BCUT2D eigenvalue weighted by Crippen LogP contribution is 2.09. The average molecular weight is 196 g/mol. The number of rotatable bonds is 3. The van der Waals surface area contributed by atoms with Crippen LogP contribution in [0.3, 0.4) is 0 Å². The van der Waals surface area contributed by atoms with Crippen LogP contribution in [0.5, 0.6) is 0 Å². The van der Waals surface area contributed by atoms with Crippen LogP contribution in [-0.2, 0) is 18.2 Å². The van der Waals surface area contributed by atoms with Crippen molar-refractivity contribution < 1.29 is 9.53 Å². The molecule has 4 heteroatoms. The van der Waals surface area contributed by atoms with E-state index in [0.717, 1.165) is 12.1 Å². The largest absolute Gasteiger partial charge is 0.464 e. The van der Waals surface area contributed by atoms with Gasteiger partial charge in [0.05, 0.1) is 7.11 Å². The first-order valence-electron chi connectivity index (χ1n) is 4.65. The molecule has 0 saturated carbocycles. The molecule has 0 fully saturated rings. The number of carbonyl (C=O) groups excluding carboxylic acids is 1. The van der Waals surface area contributed by atoms with Gasteiger partial charge in [-0.3, -0.25) is 4.68 Å². The Labute approximate surface area is 83.9 Å². The number of esters is 1. The van der Waals surface area contributed by atoms with Crippen molar-refractivity contribution in [2.45, 2.75) is 20.3 Å². The van der Waals surface area contributed by atoms with Gasteiger partial charge in [0.1, 0.15) is 0 Å². The Bertz CT molecular complexity index is 329. The Morgan fingerprint density at radius 1 is 1.64 bits per heavy atom. The Morgan fingerprint density at radius 2 is 2.29 bits per heavy atom. The van der Waals surface area contributed by atoms with Gasteiger partial charge in [0.15, 0.2) is 5.69 Å². The predicted molar refractivity (Wildman–Crippen MR) is 53.1 cm³/mol. The van der Waals surface area contributed by atoms with Gasteiger partial charge in [-0.25, -0.2) is 4.79 Å². The highest BCUT2D eigenvalue weighted by molar-refractivity contribution is 5.87. The topological polar surface area (TPSA) is 44.1 Å². The number of aromatic nitrogens is 2. The fourth-order valence-corrected chi connectivity index (χ4v) is 1.32. The summed E-state index contributed by atoms with van der Waals surface area (Å²) in [5.74, 6) is 0.173. The molecule has 78 valence electrons. The zero-order chi connectivity index (χ0) is 10.7. The predicted octanol–water partition coefficient (Wildman–Crippen LogP) is 1.41. The quantitative estimate of drug-likeness (QED) is 0.686. The van der Waals surface area contributed by atoms with Crippen LogP contribution in [0.25, 0.3) is 0 Å². The van der Waals surface area contributed by atoms with E-state index in [9.17, 15) is 4.79 Å². The third-order valence-corrected chi connectivity index (χ3v) is 1.99. The number of nitrogens with zero attached hydrogens (tertiary/aromatic N) is 2. The van der Waals surface area contributed by atoms with Crippen molar-refractivity contribution in [2.24, 2.45) is 13.0 Å². The van der Waals surface area contributed by atoms with Crippen molar-refractivity contribution in [3.05, 3.63) is 17.5 Å². The summed E-state index contributed by atoms with van der Waals surface area (Å²) in [6.45, 7) is 4.26. The van der Waals surface area contributed by atoms with E-state index in [1.165, 1.54) is 7.11 Å². The maximum atomic E-state index is 11.2. The molecule has 4 nitrogen and oxygen atoms in total. The van der Waals surface area contributed by atoms with Crippen LogP contribution < -0.4 is 0 Å². The van der Waals surface area contributed by atoms with Crippen molar-refractivity contribution in [3.63, 3.8) is 0 Å². The van der Waals surface area contributed by atoms with Gasteiger partial charge in [-0.1, -0.05) is 13.8 Å². The van der Waals surface area contributed by atoms with Gasteiger partial charge in [-0.05, 0) is 18.4 Å². The average Bonchev–Trinajstić information content (AvgIpc) is 2.46. The first-order valence-corrected chi connectivity index (χ1v) is 4.65. The van der Waals surface area contributed by atoms with Crippen molar-refractivity contribution >= 4 is 5.97 Å². The lowest BCUT2D eigenvalue weighted by Gasteiger charge is -2.03. The molecule has 0 aliphatic carbocycles. The molecule has 0 atom stereocenters. The van der Waals surface area contributed by atoms with Crippen LogP contribution in [0.1, 0.15) is 30.0 Å².